The van der Waals surface area contributed by atoms with Gasteiger partial charge in [-0.3, -0.25) is 9.59 Å². The first-order valence-electron chi connectivity index (χ1n) is 9.12. The largest absolute Gasteiger partial charge is 0.345 e. The van der Waals surface area contributed by atoms with Gasteiger partial charge in [-0.05, 0) is 54.0 Å². The van der Waals surface area contributed by atoms with Crippen LogP contribution in [0, 0.1) is 5.92 Å². The summed E-state index contributed by atoms with van der Waals surface area (Å²) < 4.78 is 0. The van der Waals surface area contributed by atoms with Gasteiger partial charge in [0.2, 0.25) is 0 Å². The summed E-state index contributed by atoms with van der Waals surface area (Å²) >= 11 is 7.57. The quantitative estimate of drug-likeness (QED) is 0.560. The van der Waals surface area contributed by atoms with Gasteiger partial charge >= 0.3 is 0 Å². The Morgan fingerprint density at radius 1 is 1.00 bits per heavy atom. The van der Waals surface area contributed by atoms with Gasteiger partial charge in [-0.25, -0.2) is 0 Å². The molecule has 0 bridgehead atoms. The monoisotopic (exact) mass is 410 g/mol. The van der Waals surface area contributed by atoms with Gasteiger partial charge in [0.05, 0.1) is 21.6 Å². The first-order valence-corrected chi connectivity index (χ1v) is 10.4. The molecule has 0 aliphatic heterocycles. The van der Waals surface area contributed by atoms with E-state index in [4.69, 9.17) is 11.6 Å². The van der Waals surface area contributed by atoms with Crippen LogP contribution in [0.4, 0.5) is 5.69 Å². The highest BCUT2D eigenvalue weighted by molar-refractivity contribution is 7.12. The molecule has 1 atom stereocenters. The van der Waals surface area contributed by atoms with E-state index < -0.39 is 0 Å². The molecule has 1 aromatic heterocycles. The summed E-state index contributed by atoms with van der Waals surface area (Å²) in [5.41, 5.74) is 2.00. The van der Waals surface area contributed by atoms with Crippen molar-refractivity contribution in [2.45, 2.75) is 18.9 Å². The molecule has 0 radical (unpaired) electrons. The number of benzene rings is 2. The number of amides is 2. The lowest BCUT2D eigenvalue weighted by molar-refractivity contribution is 0.0930. The van der Waals surface area contributed by atoms with Crippen molar-refractivity contribution in [2.24, 2.45) is 5.92 Å². The molecule has 0 saturated heterocycles. The van der Waals surface area contributed by atoms with Crippen molar-refractivity contribution in [3.05, 3.63) is 87.1 Å². The van der Waals surface area contributed by atoms with Crippen LogP contribution in [0.25, 0.3) is 0 Å². The summed E-state index contributed by atoms with van der Waals surface area (Å²) in [6, 6.07) is 18.5. The number of rotatable bonds is 6. The molecular formula is C22H19ClN2O2S. The lowest BCUT2D eigenvalue weighted by Crippen LogP contribution is -2.30. The van der Waals surface area contributed by atoms with Crippen LogP contribution in [0.15, 0.2) is 66.0 Å². The Balaban J connectivity index is 1.52. The maximum Gasteiger partial charge on any atom is 0.265 e. The smallest absolute Gasteiger partial charge is 0.265 e. The molecule has 142 valence electrons. The van der Waals surface area contributed by atoms with Crippen molar-refractivity contribution in [2.75, 3.05) is 5.32 Å². The third kappa shape index (κ3) is 4.26. The van der Waals surface area contributed by atoms with Gasteiger partial charge in [0.25, 0.3) is 11.8 Å². The predicted molar refractivity (Wildman–Crippen MR) is 113 cm³/mol. The van der Waals surface area contributed by atoms with Gasteiger partial charge in [0, 0.05) is 5.56 Å². The standard InChI is InChI=1S/C22H19ClN2O2S/c23-17-11-10-16(13-18(17)24-22(27)19-7-4-12-28-19)21(26)25-20(15-8-9-15)14-5-2-1-3-6-14/h1-7,10-13,15,20H,8-9H2,(H,24,27)(H,25,26). The van der Waals surface area contributed by atoms with Crippen molar-refractivity contribution >= 4 is 40.4 Å². The number of carbonyl (C=O) groups is 2. The Hall–Kier alpha value is -2.63. The molecule has 2 N–H and O–H groups in total. The van der Waals surface area contributed by atoms with E-state index in [9.17, 15) is 9.59 Å². The van der Waals surface area contributed by atoms with Crippen LogP contribution in [0.2, 0.25) is 5.02 Å². The van der Waals surface area contributed by atoms with Crippen molar-refractivity contribution in [1.29, 1.82) is 0 Å². The van der Waals surface area contributed by atoms with E-state index in [1.165, 1.54) is 11.3 Å². The van der Waals surface area contributed by atoms with E-state index >= 15 is 0 Å². The van der Waals surface area contributed by atoms with Crippen LogP contribution in [0.1, 0.15) is 44.5 Å². The van der Waals surface area contributed by atoms with E-state index in [1.807, 2.05) is 41.8 Å². The summed E-state index contributed by atoms with van der Waals surface area (Å²) in [4.78, 5) is 25.8. The highest BCUT2D eigenvalue weighted by Gasteiger charge is 2.33. The number of carbonyl (C=O) groups excluding carboxylic acids is 2. The van der Waals surface area contributed by atoms with Gasteiger partial charge in [-0.1, -0.05) is 48.0 Å². The predicted octanol–water partition coefficient (Wildman–Crippen LogP) is 5.53. The van der Waals surface area contributed by atoms with Gasteiger partial charge in [0.15, 0.2) is 0 Å². The summed E-state index contributed by atoms with van der Waals surface area (Å²) in [6.45, 7) is 0. The van der Waals surface area contributed by atoms with Crippen molar-refractivity contribution < 1.29 is 9.59 Å². The summed E-state index contributed by atoms with van der Waals surface area (Å²) in [7, 11) is 0. The molecule has 1 heterocycles. The molecule has 1 unspecified atom stereocenters. The minimum absolute atomic E-state index is 0.00598. The summed E-state index contributed by atoms with van der Waals surface area (Å²) in [6.07, 6.45) is 2.23. The van der Waals surface area contributed by atoms with Crippen LogP contribution < -0.4 is 10.6 Å². The van der Waals surface area contributed by atoms with Crippen LogP contribution >= 0.6 is 22.9 Å². The molecule has 1 saturated carbocycles. The highest BCUT2D eigenvalue weighted by atomic mass is 35.5. The lowest BCUT2D eigenvalue weighted by atomic mass is 10.0. The van der Waals surface area contributed by atoms with Crippen molar-refractivity contribution in [1.82, 2.24) is 5.32 Å². The van der Waals surface area contributed by atoms with Crippen LogP contribution in [-0.2, 0) is 0 Å². The Bertz CT molecular complexity index is 985. The molecule has 2 amide bonds. The zero-order valence-corrected chi connectivity index (χ0v) is 16.6. The molecular weight excluding hydrogens is 392 g/mol. The molecule has 1 aliphatic carbocycles. The minimum atomic E-state index is -0.241. The van der Waals surface area contributed by atoms with Gasteiger partial charge in [0.1, 0.15) is 0 Å². The lowest BCUT2D eigenvalue weighted by Gasteiger charge is -2.19. The average Bonchev–Trinajstić information content (AvgIpc) is 3.40. The van der Waals surface area contributed by atoms with Gasteiger partial charge in [-0.15, -0.1) is 11.3 Å². The third-order valence-electron chi connectivity index (χ3n) is 4.76. The molecule has 1 aliphatic rings. The maximum atomic E-state index is 12.9. The Morgan fingerprint density at radius 2 is 1.79 bits per heavy atom. The SMILES string of the molecule is O=C(NC(c1ccccc1)C1CC1)c1ccc(Cl)c(NC(=O)c2cccs2)c1. The Labute approximate surface area is 172 Å². The second kappa shape index (κ2) is 8.17. The number of halogens is 1. The number of hydrogen-bond donors (Lipinski definition) is 2. The molecule has 0 spiro atoms. The Morgan fingerprint density at radius 3 is 2.46 bits per heavy atom. The van der Waals surface area contributed by atoms with Crippen molar-refractivity contribution in [3.63, 3.8) is 0 Å². The molecule has 4 nitrogen and oxygen atoms in total. The first-order chi connectivity index (χ1) is 13.6. The maximum absolute atomic E-state index is 12.9. The van der Waals surface area contributed by atoms with E-state index in [2.05, 4.69) is 10.6 Å². The topological polar surface area (TPSA) is 58.2 Å². The van der Waals surface area contributed by atoms with E-state index in [0.29, 0.717) is 27.1 Å². The van der Waals surface area contributed by atoms with Crippen LogP contribution in [-0.4, -0.2) is 11.8 Å². The number of thiophene rings is 1. The average molecular weight is 411 g/mol. The molecule has 2 aromatic carbocycles. The van der Waals surface area contributed by atoms with Crippen LogP contribution in [0.3, 0.4) is 0 Å². The molecule has 28 heavy (non-hydrogen) atoms. The van der Waals surface area contributed by atoms with E-state index in [0.717, 1.165) is 18.4 Å². The molecule has 6 heteroatoms. The third-order valence-corrected chi connectivity index (χ3v) is 5.96. The zero-order chi connectivity index (χ0) is 19.5. The fourth-order valence-corrected chi connectivity index (χ4v) is 3.93. The molecule has 1 fully saturated rings. The number of nitrogens with one attached hydrogen (secondary N) is 2. The zero-order valence-electron chi connectivity index (χ0n) is 15.0. The summed E-state index contributed by atoms with van der Waals surface area (Å²) in [5.74, 6) is 0.0512. The molecule has 4 rings (SSSR count). The normalized spacial score (nSPS) is 14.3. The first kappa shape index (κ1) is 18.7. The second-order valence-electron chi connectivity index (χ2n) is 6.83. The van der Waals surface area contributed by atoms with Gasteiger partial charge < -0.3 is 10.6 Å². The fourth-order valence-electron chi connectivity index (χ4n) is 3.14. The van der Waals surface area contributed by atoms with Crippen molar-refractivity contribution in [3.8, 4) is 0 Å². The number of hydrogen-bond acceptors (Lipinski definition) is 3. The summed E-state index contributed by atoms with van der Waals surface area (Å²) in [5, 5.41) is 8.16. The minimum Gasteiger partial charge on any atom is -0.345 e. The van der Waals surface area contributed by atoms with E-state index in [-0.39, 0.29) is 17.9 Å². The number of anilines is 1. The van der Waals surface area contributed by atoms with Gasteiger partial charge in [-0.2, -0.15) is 0 Å². The second-order valence-corrected chi connectivity index (χ2v) is 8.18. The highest BCUT2D eigenvalue weighted by Crippen LogP contribution is 2.41. The fraction of sp³-hybridized carbons (Fsp3) is 0.182. The molecule has 3 aromatic rings. The van der Waals surface area contributed by atoms with E-state index in [1.54, 1.807) is 24.3 Å². The Kier molecular flexibility index (Phi) is 5.46. The van der Waals surface area contributed by atoms with Crippen LogP contribution in [0.5, 0.6) is 0 Å².